The first-order valence-electron chi connectivity index (χ1n) is 5.70. The molecule has 0 saturated carbocycles. The van der Waals surface area contributed by atoms with E-state index in [2.05, 4.69) is 13.2 Å². The molecule has 0 radical (unpaired) electrons. The van der Waals surface area contributed by atoms with Crippen LogP contribution in [0.4, 0.5) is 0 Å². The summed E-state index contributed by atoms with van der Waals surface area (Å²) >= 11 is 0. The summed E-state index contributed by atoms with van der Waals surface area (Å²) in [6.07, 6.45) is 8.21. The lowest BCUT2D eigenvalue weighted by Crippen LogP contribution is -1.92. The third kappa shape index (κ3) is 25.1. The number of unbranched alkanes of at least 4 members (excludes halogenated alkanes) is 3. The van der Waals surface area contributed by atoms with Crippen molar-refractivity contribution < 1.29 is 19.8 Å². The van der Waals surface area contributed by atoms with Crippen molar-refractivity contribution in [2.45, 2.75) is 44.9 Å². The quantitative estimate of drug-likeness (QED) is 0.480. The molecule has 0 heterocycles. The maximum absolute atomic E-state index is 9.94. The molecular formula is C13H22O4. The molecule has 0 unspecified atom stereocenters. The molecule has 2 N–H and O–H groups in total. The first-order chi connectivity index (χ1) is 8.04. The minimum atomic E-state index is -0.730. The molecule has 0 rings (SSSR count). The van der Waals surface area contributed by atoms with Crippen molar-refractivity contribution in [3.05, 3.63) is 25.3 Å². The highest BCUT2D eigenvalue weighted by Crippen LogP contribution is 1.98. The molecule has 0 saturated heterocycles. The second-order valence-corrected chi connectivity index (χ2v) is 3.50. The summed E-state index contributed by atoms with van der Waals surface area (Å²) in [6.45, 7) is 6.99. The Morgan fingerprint density at radius 3 is 1.65 bits per heavy atom. The number of aliphatic carboxylic acids is 2. The van der Waals surface area contributed by atoms with E-state index in [9.17, 15) is 9.59 Å². The summed E-state index contributed by atoms with van der Waals surface area (Å²) < 4.78 is 0. The molecule has 0 fully saturated rings. The summed E-state index contributed by atoms with van der Waals surface area (Å²) in [6, 6.07) is 0. The van der Waals surface area contributed by atoms with Crippen LogP contribution in [-0.2, 0) is 9.59 Å². The molecule has 0 aliphatic carbocycles. The second kappa shape index (κ2) is 14.4. The number of hydrogen-bond acceptors (Lipinski definition) is 2. The fourth-order valence-corrected chi connectivity index (χ4v) is 0.963. The van der Waals surface area contributed by atoms with Crippen molar-refractivity contribution >= 4 is 11.9 Å². The SMILES string of the molecule is C=CCCCC(=O)O.C=CCCCCC(=O)O. The van der Waals surface area contributed by atoms with Crippen molar-refractivity contribution in [2.24, 2.45) is 0 Å². The van der Waals surface area contributed by atoms with E-state index in [1.54, 1.807) is 6.08 Å². The highest BCUT2D eigenvalue weighted by molar-refractivity contribution is 5.66. The van der Waals surface area contributed by atoms with Crippen LogP contribution in [0.3, 0.4) is 0 Å². The van der Waals surface area contributed by atoms with E-state index in [1.807, 2.05) is 6.08 Å². The van der Waals surface area contributed by atoms with Gasteiger partial charge in [-0.15, -0.1) is 13.2 Å². The predicted octanol–water partition coefficient (Wildman–Crippen LogP) is 3.24. The van der Waals surface area contributed by atoms with E-state index >= 15 is 0 Å². The van der Waals surface area contributed by atoms with E-state index < -0.39 is 11.9 Å². The van der Waals surface area contributed by atoms with Crippen LogP contribution >= 0.6 is 0 Å². The van der Waals surface area contributed by atoms with Crippen LogP contribution in [0.25, 0.3) is 0 Å². The average molecular weight is 242 g/mol. The Labute approximate surface area is 103 Å². The normalized spacial score (nSPS) is 8.71. The molecule has 0 atom stereocenters. The second-order valence-electron chi connectivity index (χ2n) is 3.50. The zero-order valence-corrected chi connectivity index (χ0v) is 10.2. The van der Waals surface area contributed by atoms with Crippen LogP contribution in [0, 0.1) is 0 Å². The van der Waals surface area contributed by atoms with Gasteiger partial charge >= 0.3 is 11.9 Å². The van der Waals surface area contributed by atoms with Gasteiger partial charge in [0.05, 0.1) is 0 Å². The molecule has 0 aromatic carbocycles. The first kappa shape index (κ1) is 17.8. The lowest BCUT2D eigenvalue weighted by Gasteiger charge is -1.90. The summed E-state index contributed by atoms with van der Waals surface area (Å²) in [7, 11) is 0. The third-order valence-electron chi connectivity index (χ3n) is 1.85. The van der Waals surface area contributed by atoms with E-state index in [4.69, 9.17) is 10.2 Å². The summed E-state index contributed by atoms with van der Waals surface area (Å²) in [5.74, 6) is -1.44. The molecule has 0 amide bonds. The molecule has 98 valence electrons. The Kier molecular flexibility index (Phi) is 15.1. The lowest BCUT2D eigenvalue weighted by atomic mass is 10.2. The smallest absolute Gasteiger partial charge is 0.303 e. The van der Waals surface area contributed by atoms with Gasteiger partial charge in [0.15, 0.2) is 0 Å². The fraction of sp³-hybridized carbons (Fsp3) is 0.538. The molecular weight excluding hydrogens is 220 g/mol. The monoisotopic (exact) mass is 242 g/mol. The fourth-order valence-electron chi connectivity index (χ4n) is 0.963. The van der Waals surface area contributed by atoms with Gasteiger partial charge in [-0.05, 0) is 32.1 Å². The van der Waals surface area contributed by atoms with E-state index in [0.29, 0.717) is 6.42 Å². The van der Waals surface area contributed by atoms with Gasteiger partial charge < -0.3 is 10.2 Å². The minimum absolute atomic E-state index is 0.256. The van der Waals surface area contributed by atoms with Gasteiger partial charge in [-0.25, -0.2) is 0 Å². The molecule has 0 aliphatic heterocycles. The standard InChI is InChI=1S/C7H12O2.C6H10O2/c1-2-3-4-5-6-7(8)9;1-2-3-4-5-6(7)8/h2H,1,3-6H2,(H,8,9);2H,1,3-5H2,(H,7,8). The Morgan fingerprint density at radius 2 is 1.24 bits per heavy atom. The van der Waals surface area contributed by atoms with E-state index in [0.717, 1.165) is 25.7 Å². The van der Waals surface area contributed by atoms with Crippen molar-refractivity contribution in [1.82, 2.24) is 0 Å². The number of hydrogen-bond donors (Lipinski definition) is 2. The lowest BCUT2D eigenvalue weighted by molar-refractivity contribution is -0.138. The van der Waals surface area contributed by atoms with Crippen LogP contribution in [0.15, 0.2) is 25.3 Å². The van der Waals surface area contributed by atoms with Gasteiger partial charge in [0, 0.05) is 12.8 Å². The van der Waals surface area contributed by atoms with E-state index in [1.165, 1.54) is 0 Å². The van der Waals surface area contributed by atoms with Gasteiger partial charge in [0.2, 0.25) is 0 Å². The van der Waals surface area contributed by atoms with Gasteiger partial charge in [0.1, 0.15) is 0 Å². The van der Waals surface area contributed by atoms with Gasteiger partial charge in [0.25, 0.3) is 0 Å². The maximum atomic E-state index is 9.94. The van der Waals surface area contributed by atoms with Crippen LogP contribution in [0.2, 0.25) is 0 Å². The summed E-state index contributed by atoms with van der Waals surface area (Å²) in [5.41, 5.74) is 0. The summed E-state index contributed by atoms with van der Waals surface area (Å²) in [4.78, 5) is 19.8. The highest BCUT2D eigenvalue weighted by Gasteiger charge is 1.93. The van der Waals surface area contributed by atoms with Crippen LogP contribution in [0.1, 0.15) is 44.9 Å². The number of carboxylic acids is 2. The number of rotatable bonds is 9. The van der Waals surface area contributed by atoms with Crippen molar-refractivity contribution in [3.63, 3.8) is 0 Å². The van der Waals surface area contributed by atoms with Crippen molar-refractivity contribution in [3.8, 4) is 0 Å². The largest absolute Gasteiger partial charge is 0.481 e. The third-order valence-corrected chi connectivity index (χ3v) is 1.85. The molecule has 17 heavy (non-hydrogen) atoms. The van der Waals surface area contributed by atoms with Crippen LogP contribution < -0.4 is 0 Å². The average Bonchev–Trinajstić information content (AvgIpc) is 2.25. The predicted molar refractivity (Wildman–Crippen MR) is 68.0 cm³/mol. The Hall–Kier alpha value is -1.58. The van der Waals surface area contributed by atoms with Gasteiger partial charge in [-0.1, -0.05) is 12.2 Å². The maximum Gasteiger partial charge on any atom is 0.303 e. The molecule has 0 aromatic heterocycles. The zero-order valence-electron chi connectivity index (χ0n) is 10.2. The zero-order chi connectivity index (χ0) is 13.5. The number of allylic oxidation sites excluding steroid dienone is 2. The molecule has 0 bridgehead atoms. The Bertz CT molecular complexity index is 234. The first-order valence-corrected chi connectivity index (χ1v) is 5.70. The number of carbonyl (C=O) groups is 2. The van der Waals surface area contributed by atoms with Crippen LogP contribution in [0.5, 0.6) is 0 Å². The minimum Gasteiger partial charge on any atom is -0.481 e. The van der Waals surface area contributed by atoms with Gasteiger partial charge in [-0.3, -0.25) is 9.59 Å². The molecule has 0 spiro atoms. The molecule has 4 nitrogen and oxygen atoms in total. The van der Waals surface area contributed by atoms with Gasteiger partial charge in [-0.2, -0.15) is 0 Å². The highest BCUT2D eigenvalue weighted by atomic mass is 16.4. The molecule has 4 heteroatoms. The Morgan fingerprint density at radius 1 is 0.824 bits per heavy atom. The van der Waals surface area contributed by atoms with Crippen molar-refractivity contribution in [1.29, 1.82) is 0 Å². The van der Waals surface area contributed by atoms with Crippen LogP contribution in [-0.4, -0.2) is 22.2 Å². The number of carboxylic acid groups (broad SMARTS) is 2. The topological polar surface area (TPSA) is 74.6 Å². The molecule has 0 aliphatic rings. The summed E-state index contributed by atoms with van der Waals surface area (Å²) in [5, 5.41) is 16.3. The Balaban J connectivity index is 0. The van der Waals surface area contributed by atoms with Crippen molar-refractivity contribution in [2.75, 3.05) is 0 Å². The van der Waals surface area contributed by atoms with E-state index in [-0.39, 0.29) is 12.8 Å². The molecule has 0 aromatic rings.